The van der Waals surface area contributed by atoms with E-state index in [0.29, 0.717) is 0 Å². The second-order valence-electron chi connectivity index (χ2n) is 4.27. The second kappa shape index (κ2) is 6.67. The Kier molecular flexibility index (Phi) is 4.45. The van der Waals surface area contributed by atoms with Crippen molar-refractivity contribution in [3.8, 4) is 0 Å². The molecule has 0 saturated heterocycles. The molecule has 3 heterocycles. The van der Waals surface area contributed by atoms with Crippen LogP contribution in [0.4, 0.5) is 0 Å². The van der Waals surface area contributed by atoms with Gasteiger partial charge in [-0.15, -0.1) is 16.4 Å². The van der Waals surface area contributed by atoms with E-state index in [9.17, 15) is 0 Å². The minimum atomic E-state index is 0.825. The van der Waals surface area contributed by atoms with Crippen LogP contribution in [-0.4, -0.2) is 25.9 Å². The van der Waals surface area contributed by atoms with E-state index in [1.807, 2.05) is 24.5 Å². The van der Waals surface area contributed by atoms with Crippen LogP contribution in [-0.2, 0) is 12.8 Å². The zero-order valence-electron chi connectivity index (χ0n) is 10.8. The van der Waals surface area contributed by atoms with Gasteiger partial charge in [-0.2, -0.15) is 0 Å². The predicted molar refractivity (Wildman–Crippen MR) is 82.2 cm³/mol. The molecule has 0 radical (unpaired) electrons. The Labute approximate surface area is 125 Å². The van der Waals surface area contributed by atoms with Crippen LogP contribution in [0.25, 0.3) is 0 Å². The van der Waals surface area contributed by atoms with Crippen LogP contribution in [0, 0.1) is 0 Å². The van der Waals surface area contributed by atoms with Crippen LogP contribution in [0.15, 0.2) is 47.2 Å². The van der Waals surface area contributed by atoms with E-state index in [2.05, 4.69) is 37.7 Å². The zero-order chi connectivity index (χ0) is 13.6. The van der Waals surface area contributed by atoms with Crippen molar-refractivity contribution in [2.45, 2.75) is 18.0 Å². The Balaban J connectivity index is 1.50. The highest BCUT2D eigenvalue weighted by Crippen LogP contribution is 2.17. The summed E-state index contributed by atoms with van der Waals surface area (Å²) in [6.45, 7) is 0. The van der Waals surface area contributed by atoms with E-state index in [4.69, 9.17) is 0 Å². The molecule has 3 aromatic heterocycles. The minimum Gasteiger partial charge on any atom is -0.265 e. The third-order valence-corrected chi connectivity index (χ3v) is 4.53. The first-order chi connectivity index (χ1) is 9.90. The maximum Gasteiger partial charge on any atom is 0.208 e. The molecule has 3 rings (SSSR count). The molecule has 4 nitrogen and oxygen atoms in total. The first-order valence-corrected chi connectivity index (χ1v) is 8.22. The van der Waals surface area contributed by atoms with Crippen LogP contribution in [0.1, 0.15) is 16.3 Å². The van der Waals surface area contributed by atoms with Gasteiger partial charge in [0.1, 0.15) is 5.82 Å². The van der Waals surface area contributed by atoms with Crippen molar-refractivity contribution in [2.75, 3.05) is 5.75 Å². The SMILES string of the molecule is c1csc(Cc2nc(SCCc3ccncc3)n[nH]2)c1. The third-order valence-electron chi connectivity index (χ3n) is 2.80. The van der Waals surface area contributed by atoms with E-state index >= 15 is 0 Å². The number of H-pyrrole nitrogens is 1. The lowest BCUT2D eigenvalue weighted by Crippen LogP contribution is -1.89. The van der Waals surface area contributed by atoms with Crippen LogP contribution in [0.5, 0.6) is 0 Å². The molecule has 0 saturated carbocycles. The summed E-state index contributed by atoms with van der Waals surface area (Å²) in [5.41, 5.74) is 1.29. The molecule has 6 heteroatoms. The van der Waals surface area contributed by atoms with Crippen molar-refractivity contribution in [1.82, 2.24) is 20.2 Å². The quantitative estimate of drug-likeness (QED) is 0.711. The number of nitrogens with zero attached hydrogens (tertiary/aromatic N) is 3. The highest BCUT2D eigenvalue weighted by atomic mass is 32.2. The first kappa shape index (κ1) is 13.3. The minimum absolute atomic E-state index is 0.825. The van der Waals surface area contributed by atoms with Crippen molar-refractivity contribution in [1.29, 1.82) is 0 Å². The van der Waals surface area contributed by atoms with Crippen LogP contribution in [0.2, 0.25) is 0 Å². The number of thiophene rings is 1. The highest BCUT2D eigenvalue weighted by molar-refractivity contribution is 7.99. The first-order valence-electron chi connectivity index (χ1n) is 6.35. The lowest BCUT2D eigenvalue weighted by Gasteiger charge is -1.97. The van der Waals surface area contributed by atoms with Crippen LogP contribution < -0.4 is 0 Å². The summed E-state index contributed by atoms with van der Waals surface area (Å²) in [4.78, 5) is 9.82. The second-order valence-corrected chi connectivity index (χ2v) is 6.37. The van der Waals surface area contributed by atoms with Gasteiger partial charge in [-0.05, 0) is 35.6 Å². The standard InChI is InChI=1S/C14H14N4S2/c1-2-12(19-8-1)10-13-16-14(18-17-13)20-9-5-11-3-6-15-7-4-11/h1-4,6-8H,5,9-10H2,(H,16,17,18). The summed E-state index contributed by atoms with van der Waals surface area (Å²) >= 11 is 3.42. The van der Waals surface area contributed by atoms with Gasteiger partial charge in [-0.25, -0.2) is 4.98 Å². The molecule has 0 aliphatic carbocycles. The summed E-state index contributed by atoms with van der Waals surface area (Å²) in [5.74, 6) is 1.90. The number of aromatic amines is 1. The number of pyridine rings is 1. The summed E-state index contributed by atoms with van der Waals surface area (Å²) in [5, 5.41) is 10.2. The fourth-order valence-electron chi connectivity index (χ4n) is 1.81. The molecule has 0 aliphatic rings. The van der Waals surface area contributed by atoms with Crippen molar-refractivity contribution in [2.24, 2.45) is 0 Å². The predicted octanol–water partition coefficient (Wildman–Crippen LogP) is 3.19. The Morgan fingerprint density at radius 3 is 2.90 bits per heavy atom. The maximum absolute atomic E-state index is 4.51. The molecule has 0 spiro atoms. The number of rotatable bonds is 6. The molecule has 0 bridgehead atoms. The Morgan fingerprint density at radius 2 is 2.10 bits per heavy atom. The van der Waals surface area contributed by atoms with E-state index in [-0.39, 0.29) is 0 Å². The largest absolute Gasteiger partial charge is 0.265 e. The average molecular weight is 302 g/mol. The van der Waals surface area contributed by atoms with Crippen LogP contribution >= 0.6 is 23.1 Å². The van der Waals surface area contributed by atoms with Gasteiger partial charge in [0.25, 0.3) is 0 Å². The van der Waals surface area contributed by atoms with E-state index in [0.717, 1.165) is 29.6 Å². The van der Waals surface area contributed by atoms with Gasteiger partial charge in [0.15, 0.2) is 0 Å². The number of aromatic nitrogens is 4. The molecule has 20 heavy (non-hydrogen) atoms. The van der Waals surface area contributed by atoms with Gasteiger partial charge in [-0.3, -0.25) is 10.1 Å². The topological polar surface area (TPSA) is 54.5 Å². The molecular formula is C14H14N4S2. The van der Waals surface area contributed by atoms with Gasteiger partial charge in [0, 0.05) is 29.4 Å². The Bertz CT molecular complexity index is 634. The Hall–Kier alpha value is -1.66. The summed E-state index contributed by atoms with van der Waals surface area (Å²) in [6, 6.07) is 8.26. The van der Waals surface area contributed by atoms with Gasteiger partial charge in [0.2, 0.25) is 5.16 Å². The van der Waals surface area contributed by atoms with Crippen molar-refractivity contribution in [3.63, 3.8) is 0 Å². The monoisotopic (exact) mass is 302 g/mol. The molecule has 0 unspecified atom stereocenters. The highest BCUT2D eigenvalue weighted by Gasteiger charge is 2.05. The molecule has 0 aliphatic heterocycles. The van der Waals surface area contributed by atoms with E-state index in [1.54, 1.807) is 23.1 Å². The summed E-state index contributed by atoms with van der Waals surface area (Å²) in [6.07, 6.45) is 5.48. The summed E-state index contributed by atoms with van der Waals surface area (Å²) in [7, 11) is 0. The smallest absolute Gasteiger partial charge is 0.208 e. The average Bonchev–Trinajstić information content (AvgIpc) is 3.13. The lowest BCUT2D eigenvalue weighted by atomic mass is 10.2. The molecule has 0 amide bonds. The summed E-state index contributed by atoms with van der Waals surface area (Å²) < 4.78 is 0. The number of aryl methyl sites for hydroxylation is 1. The normalized spacial score (nSPS) is 10.8. The molecule has 0 atom stereocenters. The molecule has 0 aromatic carbocycles. The fourth-order valence-corrected chi connectivity index (χ4v) is 3.32. The molecule has 0 fully saturated rings. The third kappa shape index (κ3) is 3.68. The van der Waals surface area contributed by atoms with Crippen molar-refractivity contribution in [3.05, 3.63) is 58.3 Å². The molecule has 1 N–H and O–H groups in total. The van der Waals surface area contributed by atoms with Crippen molar-refractivity contribution < 1.29 is 0 Å². The maximum atomic E-state index is 4.51. The van der Waals surface area contributed by atoms with E-state index in [1.165, 1.54) is 10.4 Å². The molecule has 3 aromatic rings. The van der Waals surface area contributed by atoms with Gasteiger partial charge in [-0.1, -0.05) is 17.8 Å². The van der Waals surface area contributed by atoms with Crippen LogP contribution in [0.3, 0.4) is 0 Å². The van der Waals surface area contributed by atoms with Gasteiger partial charge >= 0.3 is 0 Å². The van der Waals surface area contributed by atoms with Gasteiger partial charge in [0.05, 0.1) is 0 Å². The Morgan fingerprint density at radius 1 is 1.20 bits per heavy atom. The number of hydrogen-bond acceptors (Lipinski definition) is 5. The van der Waals surface area contributed by atoms with Gasteiger partial charge < -0.3 is 0 Å². The van der Waals surface area contributed by atoms with Crippen molar-refractivity contribution >= 4 is 23.1 Å². The number of hydrogen-bond donors (Lipinski definition) is 1. The molecular weight excluding hydrogens is 288 g/mol. The fraction of sp³-hybridized carbons (Fsp3) is 0.214. The number of nitrogens with one attached hydrogen (secondary N) is 1. The lowest BCUT2D eigenvalue weighted by molar-refractivity contribution is 0.959. The zero-order valence-corrected chi connectivity index (χ0v) is 12.5. The van der Waals surface area contributed by atoms with E-state index < -0.39 is 0 Å². The molecule has 102 valence electrons. The number of thioether (sulfide) groups is 1.